The van der Waals surface area contributed by atoms with Gasteiger partial charge in [-0.2, -0.15) is 0 Å². The molecule has 0 radical (unpaired) electrons. The maximum absolute atomic E-state index is 12.9. The second kappa shape index (κ2) is 8.10. The van der Waals surface area contributed by atoms with Crippen LogP contribution in [0.25, 0.3) is 10.9 Å². The standard InChI is InChI=1S/C22H20N4OS/c1-26(25-17-7-3-2-4-8-17)22(27)21-20(12-14-28-21)24-15-16-11-13-23-19-10-6-5-9-18(16)19/h2-14,24-25H,15H2,1H3. The van der Waals surface area contributed by atoms with Gasteiger partial charge < -0.3 is 5.32 Å². The summed E-state index contributed by atoms with van der Waals surface area (Å²) in [5.41, 5.74) is 6.92. The number of carbonyl (C=O) groups is 1. The predicted molar refractivity (Wildman–Crippen MR) is 116 cm³/mol. The topological polar surface area (TPSA) is 57.3 Å². The van der Waals surface area contributed by atoms with E-state index >= 15 is 0 Å². The van der Waals surface area contributed by atoms with Crippen LogP contribution in [0.3, 0.4) is 0 Å². The fraction of sp³-hybridized carbons (Fsp3) is 0.0909. The zero-order valence-electron chi connectivity index (χ0n) is 15.4. The lowest BCUT2D eigenvalue weighted by molar-refractivity contribution is 0.0831. The Balaban J connectivity index is 1.48. The number of benzene rings is 2. The molecule has 4 rings (SSSR count). The number of rotatable bonds is 6. The molecular formula is C22H20N4OS. The van der Waals surface area contributed by atoms with Gasteiger partial charge in [-0.3, -0.25) is 20.2 Å². The van der Waals surface area contributed by atoms with E-state index in [1.807, 2.05) is 72.2 Å². The summed E-state index contributed by atoms with van der Waals surface area (Å²) >= 11 is 1.43. The third-order valence-corrected chi connectivity index (χ3v) is 5.35. The summed E-state index contributed by atoms with van der Waals surface area (Å²) in [6.45, 7) is 0.621. The third kappa shape index (κ3) is 3.82. The number of thiophene rings is 1. The Bertz CT molecular complexity index is 1090. The molecule has 0 fully saturated rings. The lowest BCUT2D eigenvalue weighted by atomic mass is 10.1. The minimum absolute atomic E-state index is 0.0825. The number of hydrazine groups is 1. The average Bonchev–Trinajstić information content (AvgIpc) is 3.21. The molecule has 5 nitrogen and oxygen atoms in total. The molecule has 0 spiro atoms. The lowest BCUT2D eigenvalue weighted by Crippen LogP contribution is -2.32. The van der Waals surface area contributed by atoms with Gasteiger partial charge in [0.15, 0.2) is 0 Å². The molecule has 1 amide bonds. The Labute approximate surface area is 167 Å². The molecule has 2 N–H and O–H groups in total. The summed E-state index contributed by atoms with van der Waals surface area (Å²) in [5, 5.41) is 7.96. The summed E-state index contributed by atoms with van der Waals surface area (Å²) in [6.07, 6.45) is 1.82. The van der Waals surface area contributed by atoms with Crippen molar-refractivity contribution in [2.75, 3.05) is 17.8 Å². The SMILES string of the molecule is CN(Nc1ccccc1)C(=O)c1sccc1NCc1ccnc2ccccc12. The number of hydrogen-bond donors (Lipinski definition) is 2. The number of hydrogen-bond acceptors (Lipinski definition) is 5. The van der Waals surface area contributed by atoms with Crippen LogP contribution >= 0.6 is 11.3 Å². The summed E-state index contributed by atoms with van der Waals surface area (Å²) in [5.74, 6) is -0.0825. The van der Waals surface area contributed by atoms with Crippen molar-refractivity contribution in [2.24, 2.45) is 0 Å². The van der Waals surface area contributed by atoms with Crippen molar-refractivity contribution < 1.29 is 4.79 Å². The van der Waals surface area contributed by atoms with E-state index < -0.39 is 0 Å². The Morgan fingerprint density at radius 3 is 2.68 bits per heavy atom. The second-order valence-electron chi connectivity index (χ2n) is 6.35. The molecule has 28 heavy (non-hydrogen) atoms. The molecule has 0 saturated carbocycles. The maximum Gasteiger partial charge on any atom is 0.284 e. The van der Waals surface area contributed by atoms with Gasteiger partial charge in [0.05, 0.1) is 16.9 Å². The molecule has 0 unspecified atom stereocenters. The maximum atomic E-state index is 12.9. The fourth-order valence-electron chi connectivity index (χ4n) is 3.02. The zero-order chi connectivity index (χ0) is 19.3. The van der Waals surface area contributed by atoms with E-state index in [0.717, 1.165) is 27.8 Å². The molecule has 4 aromatic rings. The van der Waals surface area contributed by atoms with E-state index in [4.69, 9.17) is 0 Å². The number of nitrogens with zero attached hydrogens (tertiary/aromatic N) is 2. The first-order valence-electron chi connectivity index (χ1n) is 8.96. The molecule has 6 heteroatoms. The fourth-order valence-corrected chi connectivity index (χ4v) is 3.87. The van der Waals surface area contributed by atoms with Gasteiger partial charge in [0.25, 0.3) is 5.91 Å². The first kappa shape index (κ1) is 18.0. The summed E-state index contributed by atoms with van der Waals surface area (Å²) in [4.78, 5) is 18.0. The van der Waals surface area contributed by atoms with Gasteiger partial charge in [-0.05, 0) is 41.3 Å². The molecule has 0 aliphatic heterocycles. The number of para-hydroxylation sites is 2. The number of pyridine rings is 1. The highest BCUT2D eigenvalue weighted by Gasteiger charge is 2.18. The molecule has 0 aliphatic rings. The Morgan fingerprint density at radius 1 is 1.04 bits per heavy atom. The van der Waals surface area contributed by atoms with Crippen molar-refractivity contribution >= 4 is 39.5 Å². The van der Waals surface area contributed by atoms with Crippen LogP contribution < -0.4 is 10.7 Å². The van der Waals surface area contributed by atoms with Gasteiger partial charge in [0, 0.05) is 25.2 Å². The summed E-state index contributed by atoms with van der Waals surface area (Å²) < 4.78 is 0. The molecule has 0 atom stereocenters. The van der Waals surface area contributed by atoms with E-state index in [1.54, 1.807) is 7.05 Å². The molecule has 2 aromatic carbocycles. The quantitative estimate of drug-likeness (QED) is 0.456. The van der Waals surface area contributed by atoms with E-state index in [0.29, 0.717) is 11.4 Å². The number of amides is 1. The number of nitrogens with one attached hydrogen (secondary N) is 2. The van der Waals surface area contributed by atoms with Gasteiger partial charge in [-0.15, -0.1) is 11.3 Å². The predicted octanol–water partition coefficient (Wildman–Crippen LogP) is 5.01. The first-order valence-corrected chi connectivity index (χ1v) is 9.84. The minimum Gasteiger partial charge on any atom is -0.380 e. The van der Waals surface area contributed by atoms with Gasteiger partial charge in [0.2, 0.25) is 0 Å². The van der Waals surface area contributed by atoms with E-state index in [-0.39, 0.29) is 5.91 Å². The lowest BCUT2D eigenvalue weighted by Gasteiger charge is -2.20. The Kier molecular flexibility index (Phi) is 5.21. The van der Waals surface area contributed by atoms with Crippen molar-refractivity contribution in [1.82, 2.24) is 9.99 Å². The molecule has 0 saturated heterocycles. The molecule has 2 aromatic heterocycles. The van der Waals surface area contributed by atoms with Crippen LogP contribution in [0.1, 0.15) is 15.2 Å². The van der Waals surface area contributed by atoms with E-state index in [1.165, 1.54) is 16.3 Å². The second-order valence-corrected chi connectivity index (χ2v) is 7.26. The van der Waals surface area contributed by atoms with Crippen LogP contribution in [0.5, 0.6) is 0 Å². The minimum atomic E-state index is -0.0825. The zero-order valence-corrected chi connectivity index (χ0v) is 16.2. The largest absolute Gasteiger partial charge is 0.380 e. The molecular weight excluding hydrogens is 368 g/mol. The Morgan fingerprint density at radius 2 is 1.82 bits per heavy atom. The van der Waals surface area contributed by atoms with Crippen molar-refractivity contribution in [2.45, 2.75) is 6.54 Å². The molecule has 0 aliphatic carbocycles. The molecule has 0 bridgehead atoms. The first-order chi connectivity index (χ1) is 13.7. The number of fused-ring (bicyclic) bond motifs is 1. The van der Waals surface area contributed by atoms with Crippen LogP contribution in [-0.2, 0) is 6.54 Å². The molecule has 2 heterocycles. The van der Waals surface area contributed by atoms with Crippen LogP contribution in [0.15, 0.2) is 78.3 Å². The highest BCUT2D eigenvalue weighted by atomic mass is 32.1. The van der Waals surface area contributed by atoms with Gasteiger partial charge >= 0.3 is 0 Å². The number of aromatic nitrogens is 1. The van der Waals surface area contributed by atoms with Crippen LogP contribution in [0.4, 0.5) is 11.4 Å². The van der Waals surface area contributed by atoms with Crippen LogP contribution in [0, 0.1) is 0 Å². The van der Waals surface area contributed by atoms with Crippen molar-refractivity contribution in [1.29, 1.82) is 0 Å². The third-order valence-electron chi connectivity index (χ3n) is 4.44. The number of anilines is 2. The van der Waals surface area contributed by atoms with Crippen LogP contribution in [0.2, 0.25) is 0 Å². The van der Waals surface area contributed by atoms with E-state index in [9.17, 15) is 4.79 Å². The highest BCUT2D eigenvalue weighted by molar-refractivity contribution is 7.12. The smallest absolute Gasteiger partial charge is 0.284 e. The molecule has 140 valence electrons. The van der Waals surface area contributed by atoms with E-state index in [2.05, 4.69) is 21.8 Å². The highest BCUT2D eigenvalue weighted by Crippen LogP contribution is 2.25. The normalized spacial score (nSPS) is 10.6. The van der Waals surface area contributed by atoms with Gasteiger partial charge in [0.1, 0.15) is 4.88 Å². The van der Waals surface area contributed by atoms with Crippen molar-refractivity contribution in [3.63, 3.8) is 0 Å². The van der Waals surface area contributed by atoms with Gasteiger partial charge in [-0.25, -0.2) is 0 Å². The Hall–Kier alpha value is -3.38. The summed E-state index contributed by atoms with van der Waals surface area (Å²) in [6, 6.07) is 21.7. The van der Waals surface area contributed by atoms with Gasteiger partial charge in [-0.1, -0.05) is 36.4 Å². The number of carbonyl (C=O) groups excluding carboxylic acids is 1. The van der Waals surface area contributed by atoms with Crippen molar-refractivity contribution in [3.8, 4) is 0 Å². The summed E-state index contributed by atoms with van der Waals surface area (Å²) in [7, 11) is 1.73. The monoisotopic (exact) mass is 388 g/mol. The van der Waals surface area contributed by atoms with Crippen LogP contribution in [-0.4, -0.2) is 22.9 Å². The average molecular weight is 388 g/mol. The van der Waals surface area contributed by atoms with Crippen molar-refractivity contribution in [3.05, 3.63) is 88.7 Å².